The molecule has 3 nitrogen and oxygen atoms in total. The molecule has 0 bridgehead atoms. The lowest BCUT2D eigenvalue weighted by Gasteiger charge is -2.13. The zero-order chi connectivity index (χ0) is 14.8. The minimum Gasteiger partial charge on any atom is -0.456 e. The Morgan fingerprint density at radius 1 is 1.05 bits per heavy atom. The molecular weight excluding hydrogens is 274 g/mol. The fraction of sp³-hybridized carbons (Fsp3) is 0.0625. The summed E-state index contributed by atoms with van der Waals surface area (Å²) >= 11 is 0. The number of fused-ring (bicyclic) bond motifs is 1. The lowest BCUT2D eigenvalue weighted by Crippen LogP contribution is -2.01. The third kappa shape index (κ3) is 2.68. The van der Waals surface area contributed by atoms with E-state index in [4.69, 9.17) is 10.5 Å². The molecule has 0 saturated heterocycles. The molecule has 0 fully saturated rings. The normalized spacial score (nSPS) is 10.8. The van der Waals surface area contributed by atoms with Crippen LogP contribution in [0, 0.1) is 11.6 Å². The van der Waals surface area contributed by atoms with Gasteiger partial charge in [0, 0.05) is 41.9 Å². The van der Waals surface area contributed by atoms with E-state index >= 15 is 0 Å². The molecule has 0 unspecified atom stereocenters. The van der Waals surface area contributed by atoms with Crippen molar-refractivity contribution in [3.8, 4) is 11.5 Å². The maximum absolute atomic E-state index is 13.3. The van der Waals surface area contributed by atoms with E-state index in [9.17, 15) is 8.78 Å². The van der Waals surface area contributed by atoms with Crippen LogP contribution in [0.15, 0.2) is 48.7 Å². The summed E-state index contributed by atoms with van der Waals surface area (Å²) in [6, 6.07) is 10.4. The SMILES string of the molecule is NCc1cnc2ccccc2c1Oc1cc(F)cc(F)c1. The van der Waals surface area contributed by atoms with Gasteiger partial charge in [0.15, 0.2) is 0 Å². The summed E-state index contributed by atoms with van der Waals surface area (Å²) in [6.45, 7) is 0.213. The Kier molecular flexibility index (Phi) is 3.50. The summed E-state index contributed by atoms with van der Waals surface area (Å²) in [5.41, 5.74) is 7.08. The molecule has 0 aliphatic rings. The van der Waals surface area contributed by atoms with Crippen LogP contribution in [0.25, 0.3) is 10.9 Å². The first-order chi connectivity index (χ1) is 10.2. The van der Waals surface area contributed by atoms with Gasteiger partial charge in [-0.1, -0.05) is 12.1 Å². The number of benzene rings is 2. The second-order valence-electron chi connectivity index (χ2n) is 4.54. The molecule has 0 aliphatic carbocycles. The van der Waals surface area contributed by atoms with Crippen molar-refractivity contribution in [3.05, 3.63) is 65.9 Å². The molecule has 0 atom stereocenters. The van der Waals surface area contributed by atoms with Crippen molar-refractivity contribution in [2.24, 2.45) is 5.73 Å². The van der Waals surface area contributed by atoms with Crippen molar-refractivity contribution < 1.29 is 13.5 Å². The van der Waals surface area contributed by atoms with Crippen LogP contribution in [0.1, 0.15) is 5.56 Å². The first-order valence-electron chi connectivity index (χ1n) is 6.38. The molecule has 0 amide bonds. The number of pyridine rings is 1. The second kappa shape index (κ2) is 5.46. The average molecular weight is 286 g/mol. The second-order valence-corrected chi connectivity index (χ2v) is 4.54. The van der Waals surface area contributed by atoms with Crippen LogP contribution in [0.4, 0.5) is 8.78 Å². The molecule has 0 aliphatic heterocycles. The van der Waals surface area contributed by atoms with Crippen molar-refractivity contribution in [3.63, 3.8) is 0 Å². The van der Waals surface area contributed by atoms with E-state index in [1.54, 1.807) is 6.20 Å². The topological polar surface area (TPSA) is 48.1 Å². The Morgan fingerprint density at radius 3 is 2.48 bits per heavy atom. The average Bonchev–Trinajstić information content (AvgIpc) is 2.46. The molecule has 2 aromatic carbocycles. The summed E-state index contributed by atoms with van der Waals surface area (Å²) in [4.78, 5) is 4.28. The third-order valence-corrected chi connectivity index (χ3v) is 3.08. The molecule has 0 saturated carbocycles. The van der Waals surface area contributed by atoms with Crippen LogP contribution >= 0.6 is 0 Å². The largest absolute Gasteiger partial charge is 0.456 e. The molecule has 21 heavy (non-hydrogen) atoms. The lowest BCUT2D eigenvalue weighted by atomic mass is 10.1. The number of para-hydroxylation sites is 1. The third-order valence-electron chi connectivity index (χ3n) is 3.08. The predicted molar refractivity (Wildman–Crippen MR) is 76.1 cm³/mol. The molecule has 0 spiro atoms. The fourth-order valence-electron chi connectivity index (χ4n) is 2.13. The Hall–Kier alpha value is -2.53. The smallest absolute Gasteiger partial charge is 0.142 e. The van der Waals surface area contributed by atoms with E-state index < -0.39 is 11.6 Å². The van der Waals surface area contributed by atoms with Crippen molar-refractivity contribution >= 4 is 10.9 Å². The zero-order valence-corrected chi connectivity index (χ0v) is 11.0. The lowest BCUT2D eigenvalue weighted by molar-refractivity contribution is 0.467. The van der Waals surface area contributed by atoms with Gasteiger partial charge in [0.25, 0.3) is 0 Å². The van der Waals surface area contributed by atoms with E-state index in [1.165, 1.54) is 0 Å². The highest BCUT2D eigenvalue weighted by atomic mass is 19.1. The number of nitrogens with two attached hydrogens (primary N) is 1. The van der Waals surface area contributed by atoms with E-state index in [-0.39, 0.29) is 12.3 Å². The van der Waals surface area contributed by atoms with Crippen LogP contribution in [0.3, 0.4) is 0 Å². The van der Waals surface area contributed by atoms with Gasteiger partial charge in [0.05, 0.1) is 5.52 Å². The molecule has 3 rings (SSSR count). The van der Waals surface area contributed by atoms with Gasteiger partial charge in [-0.25, -0.2) is 8.78 Å². The summed E-state index contributed by atoms with van der Waals surface area (Å²) in [5, 5.41) is 0.741. The number of hydrogen-bond donors (Lipinski definition) is 1. The first-order valence-corrected chi connectivity index (χ1v) is 6.38. The molecule has 3 aromatic rings. The highest BCUT2D eigenvalue weighted by Gasteiger charge is 2.11. The number of nitrogens with zero attached hydrogens (tertiary/aromatic N) is 1. The van der Waals surface area contributed by atoms with Gasteiger partial charge in [-0.3, -0.25) is 4.98 Å². The van der Waals surface area contributed by atoms with Crippen molar-refractivity contribution in [1.82, 2.24) is 4.98 Å². The first kappa shape index (κ1) is 13.5. The van der Waals surface area contributed by atoms with Crippen LogP contribution in [0.2, 0.25) is 0 Å². The van der Waals surface area contributed by atoms with Gasteiger partial charge in [-0.2, -0.15) is 0 Å². The van der Waals surface area contributed by atoms with Gasteiger partial charge < -0.3 is 10.5 Å². The van der Waals surface area contributed by atoms with E-state index in [0.717, 1.165) is 29.1 Å². The molecule has 106 valence electrons. The molecule has 1 aromatic heterocycles. The van der Waals surface area contributed by atoms with Gasteiger partial charge in [0.2, 0.25) is 0 Å². The monoisotopic (exact) mass is 286 g/mol. The zero-order valence-electron chi connectivity index (χ0n) is 11.0. The van der Waals surface area contributed by atoms with Crippen molar-refractivity contribution in [2.45, 2.75) is 6.54 Å². The highest BCUT2D eigenvalue weighted by Crippen LogP contribution is 2.32. The number of hydrogen-bond acceptors (Lipinski definition) is 3. The maximum Gasteiger partial charge on any atom is 0.142 e. The van der Waals surface area contributed by atoms with Gasteiger partial charge in [-0.05, 0) is 12.1 Å². The minimum atomic E-state index is -0.697. The van der Waals surface area contributed by atoms with E-state index in [0.29, 0.717) is 11.3 Å². The summed E-state index contributed by atoms with van der Waals surface area (Å²) < 4.78 is 32.2. The van der Waals surface area contributed by atoms with Crippen molar-refractivity contribution in [1.29, 1.82) is 0 Å². The number of ether oxygens (including phenoxy) is 1. The van der Waals surface area contributed by atoms with Crippen LogP contribution < -0.4 is 10.5 Å². The number of aromatic nitrogens is 1. The number of halogens is 2. The Labute approximate surface area is 120 Å². The molecule has 0 radical (unpaired) electrons. The van der Waals surface area contributed by atoms with Gasteiger partial charge in [0.1, 0.15) is 23.1 Å². The van der Waals surface area contributed by atoms with E-state index in [1.807, 2.05) is 24.3 Å². The Morgan fingerprint density at radius 2 is 1.76 bits per heavy atom. The molecular formula is C16H12F2N2O. The summed E-state index contributed by atoms with van der Waals surface area (Å²) in [7, 11) is 0. The molecule has 1 heterocycles. The number of rotatable bonds is 3. The Bertz CT molecular complexity index is 785. The quantitative estimate of drug-likeness (QED) is 0.797. The Balaban J connectivity index is 2.14. The van der Waals surface area contributed by atoms with Crippen molar-refractivity contribution in [2.75, 3.05) is 0 Å². The standard InChI is InChI=1S/C16H12F2N2O/c17-11-5-12(18)7-13(6-11)21-16-10(8-19)9-20-15-4-2-1-3-14(15)16/h1-7,9H,8,19H2. The highest BCUT2D eigenvalue weighted by molar-refractivity contribution is 5.86. The van der Waals surface area contributed by atoms with Crippen LogP contribution in [-0.2, 0) is 6.54 Å². The van der Waals surface area contributed by atoms with Gasteiger partial charge >= 0.3 is 0 Å². The fourth-order valence-corrected chi connectivity index (χ4v) is 2.13. The summed E-state index contributed by atoms with van der Waals surface area (Å²) in [6.07, 6.45) is 1.60. The van der Waals surface area contributed by atoms with Crippen LogP contribution in [0.5, 0.6) is 11.5 Å². The predicted octanol–water partition coefficient (Wildman–Crippen LogP) is 3.76. The summed E-state index contributed by atoms with van der Waals surface area (Å²) in [5.74, 6) is -0.845. The molecule has 5 heteroatoms. The van der Waals surface area contributed by atoms with Gasteiger partial charge in [-0.15, -0.1) is 0 Å². The molecule has 2 N–H and O–H groups in total. The van der Waals surface area contributed by atoms with Crippen LogP contribution in [-0.4, -0.2) is 4.98 Å². The minimum absolute atomic E-state index is 0.0820. The maximum atomic E-state index is 13.3. The van der Waals surface area contributed by atoms with E-state index in [2.05, 4.69) is 4.98 Å².